The summed E-state index contributed by atoms with van der Waals surface area (Å²) in [6, 6.07) is 16.0. The van der Waals surface area contributed by atoms with Crippen molar-refractivity contribution in [3.63, 3.8) is 0 Å². The molecule has 1 aliphatic carbocycles. The highest BCUT2D eigenvalue weighted by Gasteiger charge is 2.24. The summed E-state index contributed by atoms with van der Waals surface area (Å²) in [5, 5.41) is 7.87. The number of amides is 1. The van der Waals surface area contributed by atoms with Crippen LogP contribution >= 0.6 is 0 Å². The number of hydrogen-bond acceptors (Lipinski definition) is 4. The molecule has 0 unspecified atom stereocenters. The molecule has 2 aliphatic rings. The van der Waals surface area contributed by atoms with Crippen LogP contribution in [0.15, 0.2) is 48.5 Å². The van der Waals surface area contributed by atoms with Crippen LogP contribution in [0.1, 0.15) is 47.4 Å². The number of fused-ring (bicyclic) bond motifs is 2. The molecule has 0 saturated carbocycles. The number of nitrogens with zero attached hydrogens (tertiary/aromatic N) is 2. The molecule has 0 spiro atoms. The van der Waals surface area contributed by atoms with Crippen LogP contribution in [-0.2, 0) is 13.0 Å². The topological polar surface area (TPSA) is 65.4 Å². The Kier molecular flexibility index (Phi) is 4.46. The van der Waals surface area contributed by atoms with Crippen LogP contribution in [0.2, 0.25) is 0 Å². The van der Waals surface area contributed by atoms with E-state index in [1.807, 2.05) is 37.3 Å². The molecule has 6 heteroatoms. The summed E-state index contributed by atoms with van der Waals surface area (Å²) in [4.78, 5) is 13.1. The van der Waals surface area contributed by atoms with Crippen molar-refractivity contribution >= 4 is 5.91 Å². The molecule has 0 saturated heterocycles. The van der Waals surface area contributed by atoms with Gasteiger partial charge in [-0.05, 0) is 61.6 Å². The molecule has 5 rings (SSSR count). The average molecular weight is 389 g/mol. The molecule has 1 N–H and O–H groups in total. The van der Waals surface area contributed by atoms with Crippen LogP contribution in [0.3, 0.4) is 0 Å². The van der Waals surface area contributed by atoms with E-state index < -0.39 is 0 Å². The minimum atomic E-state index is -0.0898. The molecule has 1 aromatic heterocycles. The Balaban J connectivity index is 1.42. The normalized spacial score (nSPS) is 17.1. The predicted octanol–water partition coefficient (Wildman–Crippen LogP) is 4.11. The molecule has 6 nitrogen and oxygen atoms in total. The van der Waals surface area contributed by atoms with Crippen molar-refractivity contribution < 1.29 is 14.3 Å². The van der Waals surface area contributed by atoms with E-state index in [0.717, 1.165) is 36.3 Å². The van der Waals surface area contributed by atoms with E-state index in [2.05, 4.69) is 28.6 Å². The van der Waals surface area contributed by atoms with Gasteiger partial charge >= 0.3 is 0 Å². The summed E-state index contributed by atoms with van der Waals surface area (Å²) in [6.45, 7) is 2.84. The van der Waals surface area contributed by atoms with Crippen molar-refractivity contribution in [1.82, 2.24) is 15.1 Å². The van der Waals surface area contributed by atoms with Crippen molar-refractivity contribution in [2.75, 3.05) is 6.79 Å². The Hall–Kier alpha value is -3.28. The third-order valence-corrected chi connectivity index (χ3v) is 5.66. The monoisotopic (exact) mass is 389 g/mol. The number of benzene rings is 2. The highest BCUT2D eigenvalue weighted by molar-refractivity contribution is 5.94. The Bertz CT molecular complexity index is 1070. The van der Waals surface area contributed by atoms with Crippen molar-refractivity contribution in [3.8, 4) is 22.8 Å². The zero-order chi connectivity index (χ0) is 19.8. The van der Waals surface area contributed by atoms with Crippen LogP contribution < -0.4 is 14.8 Å². The molecule has 0 radical (unpaired) electrons. The fraction of sp³-hybridized carbons (Fsp3) is 0.304. The van der Waals surface area contributed by atoms with Gasteiger partial charge < -0.3 is 14.8 Å². The fourth-order valence-corrected chi connectivity index (χ4v) is 4.17. The van der Waals surface area contributed by atoms with Crippen LogP contribution in [0.25, 0.3) is 11.3 Å². The lowest BCUT2D eigenvalue weighted by atomic mass is 9.87. The first kappa shape index (κ1) is 17.8. The van der Waals surface area contributed by atoms with Crippen molar-refractivity contribution in [1.29, 1.82) is 0 Å². The zero-order valence-electron chi connectivity index (χ0n) is 16.4. The van der Waals surface area contributed by atoms with Gasteiger partial charge in [-0.3, -0.25) is 9.48 Å². The van der Waals surface area contributed by atoms with Gasteiger partial charge in [0.05, 0.1) is 11.7 Å². The first-order valence-electron chi connectivity index (χ1n) is 10.1. The van der Waals surface area contributed by atoms with Crippen LogP contribution in [0.4, 0.5) is 0 Å². The van der Waals surface area contributed by atoms with Gasteiger partial charge in [0.2, 0.25) is 6.79 Å². The molecule has 0 bridgehead atoms. The standard InChI is InChI=1S/C23H23N3O3/c1-2-26-20(13-19(25-26)16-10-11-21-22(12-16)29-14-28-21)23(27)24-18-9-5-7-15-6-3-4-8-17(15)18/h3-4,6,8,10-13,18H,2,5,7,9,14H2,1H3,(H,24,27)/t18-/m1/s1. The minimum Gasteiger partial charge on any atom is -0.454 e. The van der Waals surface area contributed by atoms with Crippen molar-refractivity contribution in [2.45, 2.75) is 38.8 Å². The number of hydrogen-bond donors (Lipinski definition) is 1. The maximum absolute atomic E-state index is 13.1. The van der Waals surface area contributed by atoms with Crippen LogP contribution in [0, 0.1) is 0 Å². The van der Waals surface area contributed by atoms with Gasteiger partial charge in [0.1, 0.15) is 5.69 Å². The molecule has 148 valence electrons. The van der Waals surface area contributed by atoms with E-state index in [1.54, 1.807) is 4.68 Å². The van der Waals surface area contributed by atoms with E-state index in [0.29, 0.717) is 18.0 Å². The number of aryl methyl sites for hydroxylation is 2. The maximum atomic E-state index is 13.1. The third-order valence-electron chi connectivity index (χ3n) is 5.66. The van der Waals surface area contributed by atoms with Crippen molar-refractivity contribution in [2.24, 2.45) is 0 Å². The lowest BCUT2D eigenvalue weighted by Gasteiger charge is -2.26. The molecule has 1 amide bonds. The Morgan fingerprint density at radius 2 is 2.03 bits per heavy atom. The first-order valence-corrected chi connectivity index (χ1v) is 10.1. The van der Waals surface area contributed by atoms with Gasteiger partial charge in [-0.15, -0.1) is 0 Å². The smallest absolute Gasteiger partial charge is 0.270 e. The van der Waals surface area contributed by atoms with Gasteiger partial charge in [0.15, 0.2) is 11.5 Å². The minimum absolute atomic E-state index is 0.0432. The Labute approximate surface area is 169 Å². The lowest BCUT2D eigenvalue weighted by Crippen LogP contribution is -2.32. The number of ether oxygens (including phenoxy) is 2. The summed E-state index contributed by atoms with van der Waals surface area (Å²) < 4.78 is 12.6. The van der Waals surface area contributed by atoms with Gasteiger partial charge in [-0.1, -0.05) is 24.3 Å². The molecule has 3 aromatic rings. The number of nitrogens with one attached hydrogen (secondary N) is 1. The third kappa shape index (κ3) is 3.24. The predicted molar refractivity (Wildman–Crippen MR) is 109 cm³/mol. The molecule has 0 fully saturated rings. The molecule has 2 heterocycles. The second-order valence-corrected chi connectivity index (χ2v) is 7.42. The van der Waals surface area contributed by atoms with Crippen LogP contribution in [0.5, 0.6) is 11.5 Å². The quantitative estimate of drug-likeness (QED) is 0.729. The number of rotatable bonds is 4. The number of carbonyl (C=O) groups excluding carboxylic acids is 1. The van der Waals surface area contributed by atoms with E-state index in [-0.39, 0.29) is 18.7 Å². The average Bonchev–Trinajstić information content (AvgIpc) is 3.40. The molecule has 1 aliphatic heterocycles. The summed E-state index contributed by atoms with van der Waals surface area (Å²) >= 11 is 0. The SMILES string of the molecule is CCn1nc(-c2ccc3c(c2)OCO3)cc1C(=O)N[C@@H]1CCCc2ccccc21. The number of carbonyl (C=O) groups is 1. The summed E-state index contributed by atoms with van der Waals surface area (Å²) in [6.07, 6.45) is 3.11. The zero-order valence-corrected chi connectivity index (χ0v) is 16.4. The fourth-order valence-electron chi connectivity index (χ4n) is 4.17. The molecule has 2 aromatic carbocycles. The maximum Gasteiger partial charge on any atom is 0.270 e. The van der Waals surface area contributed by atoms with Gasteiger partial charge in [-0.2, -0.15) is 5.10 Å². The second-order valence-electron chi connectivity index (χ2n) is 7.42. The Morgan fingerprint density at radius 1 is 1.17 bits per heavy atom. The molecular weight excluding hydrogens is 366 g/mol. The first-order chi connectivity index (χ1) is 14.2. The summed E-state index contributed by atoms with van der Waals surface area (Å²) in [7, 11) is 0. The van der Waals surface area contributed by atoms with Gasteiger partial charge in [-0.25, -0.2) is 0 Å². The largest absolute Gasteiger partial charge is 0.454 e. The van der Waals surface area contributed by atoms with Crippen LogP contribution in [-0.4, -0.2) is 22.5 Å². The van der Waals surface area contributed by atoms with E-state index in [1.165, 1.54) is 11.1 Å². The lowest BCUT2D eigenvalue weighted by molar-refractivity contribution is 0.0922. The highest BCUT2D eigenvalue weighted by Crippen LogP contribution is 2.36. The van der Waals surface area contributed by atoms with E-state index in [4.69, 9.17) is 9.47 Å². The molecular formula is C23H23N3O3. The van der Waals surface area contributed by atoms with E-state index in [9.17, 15) is 4.79 Å². The van der Waals surface area contributed by atoms with Crippen molar-refractivity contribution in [3.05, 3.63) is 65.4 Å². The number of aromatic nitrogens is 2. The molecule has 29 heavy (non-hydrogen) atoms. The summed E-state index contributed by atoms with van der Waals surface area (Å²) in [5.74, 6) is 1.35. The van der Waals surface area contributed by atoms with Gasteiger partial charge in [0, 0.05) is 12.1 Å². The molecule has 1 atom stereocenters. The summed E-state index contributed by atoms with van der Waals surface area (Å²) in [5.41, 5.74) is 4.78. The highest BCUT2D eigenvalue weighted by atomic mass is 16.7. The Morgan fingerprint density at radius 3 is 2.93 bits per heavy atom. The van der Waals surface area contributed by atoms with E-state index >= 15 is 0 Å². The van der Waals surface area contributed by atoms with Gasteiger partial charge in [0.25, 0.3) is 5.91 Å². The second kappa shape index (κ2) is 7.28.